The largest absolute Gasteiger partial charge is 0.445 e. The first-order chi connectivity index (χ1) is 21.3. The second kappa shape index (κ2) is 13.6. The highest BCUT2D eigenvalue weighted by molar-refractivity contribution is 6.00. The molecule has 0 unspecified atom stereocenters. The first kappa shape index (κ1) is 30.0. The Morgan fingerprint density at radius 3 is 2.43 bits per heavy atom. The van der Waals surface area contributed by atoms with Gasteiger partial charge in [0.15, 0.2) is 0 Å². The fourth-order valence-electron chi connectivity index (χ4n) is 4.52. The van der Waals surface area contributed by atoms with Crippen molar-refractivity contribution >= 4 is 46.9 Å². The average Bonchev–Trinajstić information content (AvgIpc) is 3.02. The van der Waals surface area contributed by atoms with Gasteiger partial charge in [-0.2, -0.15) is 4.98 Å². The van der Waals surface area contributed by atoms with E-state index in [1.165, 1.54) is 4.90 Å². The molecule has 1 fully saturated rings. The predicted molar refractivity (Wildman–Crippen MR) is 167 cm³/mol. The summed E-state index contributed by atoms with van der Waals surface area (Å²) in [6.07, 6.45) is 2.74. The maximum absolute atomic E-state index is 12.9. The average molecular weight is 595 g/mol. The fourth-order valence-corrected chi connectivity index (χ4v) is 4.52. The van der Waals surface area contributed by atoms with E-state index in [-0.39, 0.29) is 31.0 Å². The first-order valence-electron chi connectivity index (χ1n) is 14.3. The predicted octanol–water partition coefficient (Wildman–Crippen LogP) is 4.79. The van der Waals surface area contributed by atoms with Crippen molar-refractivity contribution in [3.05, 3.63) is 95.8 Å². The lowest BCUT2D eigenvalue weighted by Crippen LogP contribution is -2.52. The summed E-state index contributed by atoms with van der Waals surface area (Å²) in [4.78, 5) is 54.4. The van der Waals surface area contributed by atoms with Gasteiger partial charge in [-0.1, -0.05) is 42.5 Å². The summed E-state index contributed by atoms with van der Waals surface area (Å²) in [5.41, 5.74) is 3.43. The number of aryl methyl sites for hydroxylation is 1. The molecule has 0 radical (unpaired) electrons. The van der Waals surface area contributed by atoms with Gasteiger partial charge in [0, 0.05) is 30.9 Å². The van der Waals surface area contributed by atoms with Crippen molar-refractivity contribution in [2.45, 2.75) is 33.4 Å². The lowest BCUT2D eigenvalue weighted by Gasteiger charge is -2.33. The van der Waals surface area contributed by atoms with Crippen LogP contribution in [0.2, 0.25) is 0 Å². The number of hydrogen-bond acceptors (Lipinski definition) is 9. The Labute approximate surface area is 255 Å². The molecular formula is C32H34N8O4. The molecule has 226 valence electrons. The molecule has 3 N–H and O–H groups in total. The third kappa shape index (κ3) is 7.46. The summed E-state index contributed by atoms with van der Waals surface area (Å²) in [5.74, 6) is 0.919. The quantitative estimate of drug-likeness (QED) is 0.249. The third-order valence-electron chi connectivity index (χ3n) is 6.78. The van der Waals surface area contributed by atoms with Crippen LogP contribution in [0, 0.1) is 6.92 Å². The van der Waals surface area contributed by atoms with Gasteiger partial charge < -0.3 is 20.7 Å². The maximum Gasteiger partial charge on any atom is 0.410 e. The van der Waals surface area contributed by atoms with E-state index in [1.54, 1.807) is 35.5 Å². The molecule has 4 aromatic rings. The molecule has 5 rings (SSSR count). The third-order valence-corrected chi connectivity index (χ3v) is 6.78. The molecule has 1 aliphatic rings. The number of amides is 3. The molecule has 0 bridgehead atoms. The number of nitrogens with zero attached hydrogens (tertiary/aromatic N) is 5. The fraction of sp³-hybridized carbons (Fsp3) is 0.250. The molecule has 1 saturated heterocycles. The summed E-state index contributed by atoms with van der Waals surface area (Å²) in [5, 5.41) is 9.31. The first-order valence-corrected chi connectivity index (χ1v) is 14.3. The Kier molecular flexibility index (Phi) is 9.28. The molecule has 44 heavy (non-hydrogen) atoms. The number of anilines is 5. The van der Waals surface area contributed by atoms with Gasteiger partial charge in [-0.25, -0.2) is 14.8 Å². The van der Waals surface area contributed by atoms with Crippen molar-refractivity contribution in [2.75, 3.05) is 35.2 Å². The van der Waals surface area contributed by atoms with E-state index in [1.807, 2.05) is 69.3 Å². The number of piperazine rings is 1. The highest BCUT2D eigenvalue weighted by Crippen LogP contribution is 2.24. The van der Waals surface area contributed by atoms with Crippen LogP contribution in [0.15, 0.2) is 79.1 Å². The van der Waals surface area contributed by atoms with Crippen molar-refractivity contribution < 1.29 is 19.1 Å². The molecule has 2 aromatic carbocycles. The monoisotopic (exact) mass is 594 g/mol. The standard InChI is InChI=1S/C32H34N8O4/c1-21(2)35-30(42)25-11-7-8-12-26(25)37-29-22(3)17-34-31(38-29)36-24-13-14-27(33-18-24)40-16-15-39(19-28(40)41)32(43)44-20-23-9-5-4-6-10-23/h4-14,17-18,21H,15-16,19-20H2,1-3H3,(H,35,42)(H2,34,36,37,38). The van der Waals surface area contributed by atoms with Crippen LogP contribution >= 0.6 is 0 Å². The van der Waals surface area contributed by atoms with Crippen LogP contribution in [-0.4, -0.2) is 63.4 Å². The van der Waals surface area contributed by atoms with Gasteiger partial charge in [0.25, 0.3) is 5.91 Å². The minimum absolute atomic E-state index is 0.00355. The Balaban J connectivity index is 1.19. The smallest absolute Gasteiger partial charge is 0.410 e. The second-order valence-corrected chi connectivity index (χ2v) is 10.6. The van der Waals surface area contributed by atoms with Crippen molar-refractivity contribution in [1.29, 1.82) is 0 Å². The van der Waals surface area contributed by atoms with E-state index in [2.05, 4.69) is 30.9 Å². The number of nitrogens with one attached hydrogen (secondary N) is 3. The Hall–Kier alpha value is -5.52. The van der Waals surface area contributed by atoms with Crippen LogP contribution in [-0.2, 0) is 16.1 Å². The minimum atomic E-state index is -0.524. The zero-order chi connectivity index (χ0) is 31.1. The number of benzene rings is 2. The molecule has 0 atom stereocenters. The van der Waals surface area contributed by atoms with E-state index in [9.17, 15) is 14.4 Å². The molecule has 0 spiro atoms. The lowest BCUT2D eigenvalue weighted by molar-refractivity contribution is -0.121. The number of pyridine rings is 1. The van der Waals surface area contributed by atoms with Gasteiger partial charge in [0.2, 0.25) is 11.9 Å². The highest BCUT2D eigenvalue weighted by Gasteiger charge is 2.29. The molecular weight excluding hydrogens is 560 g/mol. The van der Waals surface area contributed by atoms with Gasteiger partial charge in [0.05, 0.1) is 23.1 Å². The summed E-state index contributed by atoms with van der Waals surface area (Å²) in [7, 11) is 0. The maximum atomic E-state index is 12.9. The molecule has 12 heteroatoms. The van der Waals surface area contributed by atoms with Crippen LogP contribution in [0.3, 0.4) is 0 Å². The number of para-hydroxylation sites is 1. The number of rotatable bonds is 9. The van der Waals surface area contributed by atoms with Gasteiger partial charge in [-0.3, -0.25) is 19.4 Å². The summed E-state index contributed by atoms with van der Waals surface area (Å²) < 4.78 is 5.37. The highest BCUT2D eigenvalue weighted by atomic mass is 16.6. The number of ether oxygens (including phenoxy) is 1. The van der Waals surface area contributed by atoms with Crippen LogP contribution in [0.1, 0.15) is 35.3 Å². The summed E-state index contributed by atoms with van der Waals surface area (Å²) >= 11 is 0. The van der Waals surface area contributed by atoms with Gasteiger partial charge >= 0.3 is 6.09 Å². The number of hydrogen-bond donors (Lipinski definition) is 3. The molecule has 0 aliphatic carbocycles. The SMILES string of the molecule is Cc1cnc(Nc2ccc(N3CCN(C(=O)OCc4ccccc4)CC3=O)nc2)nc1Nc1ccccc1C(=O)NC(C)C. The molecule has 1 aliphatic heterocycles. The van der Waals surface area contributed by atoms with Crippen molar-refractivity contribution in [2.24, 2.45) is 0 Å². The van der Waals surface area contributed by atoms with Crippen molar-refractivity contribution in [3.63, 3.8) is 0 Å². The molecule has 0 saturated carbocycles. The Morgan fingerprint density at radius 1 is 0.932 bits per heavy atom. The Bertz CT molecular complexity index is 1630. The minimum Gasteiger partial charge on any atom is -0.445 e. The normalized spacial score (nSPS) is 13.0. The molecule has 3 amide bonds. The van der Waals surface area contributed by atoms with Gasteiger partial charge in [-0.05, 0) is 50.6 Å². The van der Waals surface area contributed by atoms with Crippen LogP contribution in [0.5, 0.6) is 0 Å². The topological polar surface area (TPSA) is 142 Å². The summed E-state index contributed by atoms with van der Waals surface area (Å²) in [6.45, 7) is 6.37. The molecule has 3 heterocycles. The van der Waals surface area contributed by atoms with Crippen LogP contribution in [0.25, 0.3) is 0 Å². The zero-order valence-electron chi connectivity index (χ0n) is 24.8. The van der Waals surface area contributed by atoms with Gasteiger partial charge in [0.1, 0.15) is 24.8 Å². The number of carbonyl (C=O) groups excluding carboxylic acids is 3. The Morgan fingerprint density at radius 2 is 1.70 bits per heavy atom. The van der Waals surface area contributed by atoms with E-state index in [0.717, 1.165) is 11.1 Å². The van der Waals surface area contributed by atoms with Crippen molar-refractivity contribution in [3.8, 4) is 0 Å². The zero-order valence-corrected chi connectivity index (χ0v) is 24.8. The van der Waals surface area contributed by atoms with Crippen LogP contribution in [0.4, 0.5) is 33.8 Å². The molecule has 2 aromatic heterocycles. The lowest BCUT2D eigenvalue weighted by atomic mass is 10.1. The number of carbonyl (C=O) groups is 3. The number of aromatic nitrogens is 3. The van der Waals surface area contributed by atoms with Crippen molar-refractivity contribution in [1.82, 2.24) is 25.2 Å². The molecule has 12 nitrogen and oxygen atoms in total. The van der Waals surface area contributed by atoms with E-state index in [4.69, 9.17) is 4.74 Å². The summed E-state index contributed by atoms with van der Waals surface area (Å²) in [6, 6.07) is 20.1. The van der Waals surface area contributed by atoms with E-state index < -0.39 is 6.09 Å². The van der Waals surface area contributed by atoms with Gasteiger partial charge in [-0.15, -0.1) is 0 Å². The van der Waals surface area contributed by atoms with E-state index in [0.29, 0.717) is 47.6 Å². The van der Waals surface area contributed by atoms with E-state index >= 15 is 0 Å². The van der Waals surface area contributed by atoms with Crippen LogP contribution < -0.4 is 20.9 Å². The second-order valence-electron chi connectivity index (χ2n) is 10.6.